The average molecular weight is 470 g/mol. The molecule has 0 saturated carbocycles. The molecule has 2 aromatic carbocycles. The van der Waals surface area contributed by atoms with E-state index in [4.69, 9.17) is 28.4 Å². The predicted molar refractivity (Wildman–Crippen MR) is 113 cm³/mol. The minimum Gasteiger partial charge on any atom is -0.453 e. The Morgan fingerprint density at radius 2 is 1.26 bits per heavy atom. The Labute approximate surface area is 194 Å². The average Bonchev–Trinajstić information content (AvgIpc) is 3.35. The summed E-state index contributed by atoms with van der Waals surface area (Å²) in [5.41, 5.74) is 0.537. The second-order valence-electron chi connectivity index (χ2n) is 7.72. The lowest BCUT2D eigenvalue weighted by molar-refractivity contribution is -0.132. The maximum atomic E-state index is 12.5. The van der Waals surface area contributed by atoms with Crippen LogP contribution in [0.25, 0.3) is 0 Å². The summed E-state index contributed by atoms with van der Waals surface area (Å²) in [6.07, 6.45) is -2.19. The van der Waals surface area contributed by atoms with Crippen molar-refractivity contribution in [1.29, 1.82) is 0 Å². The third-order valence-electron chi connectivity index (χ3n) is 5.14. The Balaban J connectivity index is 1.30. The molecule has 2 saturated heterocycles. The molecule has 2 aliphatic rings. The number of fused-ring (bicyclic) bond motifs is 1. The van der Waals surface area contributed by atoms with Crippen LogP contribution in [0.5, 0.6) is 11.5 Å². The monoisotopic (exact) mass is 470 g/mol. The number of hydrogen-bond donors (Lipinski definition) is 0. The molecule has 10 heteroatoms. The molecule has 4 rings (SSSR count). The molecule has 0 N–H and O–H groups in total. The van der Waals surface area contributed by atoms with E-state index in [2.05, 4.69) is 0 Å². The Morgan fingerprint density at radius 3 is 1.76 bits per heavy atom. The first-order valence-electron chi connectivity index (χ1n) is 10.5. The van der Waals surface area contributed by atoms with Gasteiger partial charge in [-0.3, -0.25) is 9.59 Å². The largest absolute Gasteiger partial charge is 0.453 e. The van der Waals surface area contributed by atoms with Gasteiger partial charge in [0.05, 0.1) is 23.8 Å². The van der Waals surface area contributed by atoms with Crippen LogP contribution < -0.4 is 9.47 Å². The fraction of sp³-hybridized carbons (Fsp3) is 0.333. The highest BCUT2D eigenvalue weighted by Gasteiger charge is 2.49. The summed E-state index contributed by atoms with van der Waals surface area (Å²) in [7, 11) is 0. The zero-order chi connectivity index (χ0) is 24.2. The van der Waals surface area contributed by atoms with Crippen molar-refractivity contribution in [3.63, 3.8) is 0 Å². The van der Waals surface area contributed by atoms with E-state index >= 15 is 0 Å². The molecule has 0 spiro atoms. The van der Waals surface area contributed by atoms with Crippen LogP contribution in [-0.2, 0) is 28.5 Å². The SMILES string of the molecule is CC(=O)Oc1ccc(C(=O)O[C@@H]2CC3OC[C@@H](OC(=O)c4ccc(OC(C)=O)cc4)C3O2)cc1. The number of benzene rings is 2. The van der Waals surface area contributed by atoms with Crippen LogP contribution in [0.1, 0.15) is 41.0 Å². The first-order valence-corrected chi connectivity index (χ1v) is 10.5. The van der Waals surface area contributed by atoms with Crippen molar-refractivity contribution in [2.45, 2.75) is 44.9 Å². The van der Waals surface area contributed by atoms with E-state index < -0.39 is 42.4 Å². The molecular formula is C24H22O10. The van der Waals surface area contributed by atoms with Crippen LogP contribution in [0, 0.1) is 0 Å². The molecular weight excluding hydrogens is 448 g/mol. The second kappa shape index (κ2) is 10.0. The highest BCUT2D eigenvalue weighted by Crippen LogP contribution is 2.33. The van der Waals surface area contributed by atoms with Crippen molar-refractivity contribution in [2.24, 2.45) is 0 Å². The van der Waals surface area contributed by atoms with Crippen molar-refractivity contribution in [2.75, 3.05) is 6.61 Å². The van der Waals surface area contributed by atoms with Gasteiger partial charge in [0.1, 0.15) is 17.6 Å². The van der Waals surface area contributed by atoms with Crippen LogP contribution in [0.3, 0.4) is 0 Å². The fourth-order valence-electron chi connectivity index (χ4n) is 3.67. The molecule has 0 radical (unpaired) electrons. The third-order valence-corrected chi connectivity index (χ3v) is 5.14. The summed E-state index contributed by atoms with van der Waals surface area (Å²) in [5, 5.41) is 0. The summed E-state index contributed by atoms with van der Waals surface area (Å²) < 4.78 is 32.3. The molecule has 0 bridgehead atoms. The van der Waals surface area contributed by atoms with Crippen molar-refractivity contribution in [1.82, 2.24) is 0 Å². The van der Waals surface area contributed by atoms with Crippen LogP contribution in [0.2, 0.25) is 0 Å². The Kier molecular flexibility index (Phi) is 6.90. The van der Waals surface area contributed by atoms with Gasteiger partial charge >= 0.3 is 23.9 Å². The molecule has 2 aliphatic heterocycles. The second-order valence-corrected chi connectivity index (χ2v) is 7.72. The maximum Gasteiger partial charge on any atom is 0.340 e. The summed E-state index contributed by atoms with van der Waals surface area (Å²) in [6, 6.07) is 11.9. The van der Waals surface area contributed by atoms with Gasteiger partial charge in [-0.05, 0) is 48.5 Å². The van der Waals surface area contributed by atoms with Crippen molar-refractivity contribution < 1.29 is 47.6 Å². The van der Waals surface area contributed by atoms with Gasteiger partial charge in [-0.1, -0.05) is 0 Å². The molecule has 10 nitrogen and oxygen atoms in total. The van der Waals surface area contributed by atoms with E-state index in [1.165, 1.54) is 62.4 Å². The maximum absolute atomic E-state index is 12.5. The molecule has 0 aliphatic carbocycles. The van der Waals surface area contributed by atoms with E-state index in [-0.39, 0.29) is 23.8 Å². The minimum atomic E-state index is -0.861. The van der Waals surface area contributed by atoms with Crippen LogP contribution in [-0.4, -0.2) is 55.1 Å². The van der Waals surface area contributed by atoms with Crippen LogP contribution in [0.4, 0.5) is 0 Å². The van der Waals surface area contributed by atoms with E-state index in [1.54, 1.807) is 0 Å². The fourth-order valence-corrected chi connectivity index (χ4v) is 3.67. The molecule has 0 aromatic heterocycles. The summed E-state index contributed by atoms with van der Waals surface area (Å²) in [4.78, 5) is 46.9. The van der Waals surface area contributed by atoms with Crippen molar-refractivity contribution >= 4 is 23.9 Å². The van der Waals surface area contributed by atoms with Gasteiger partial charge in [0, 0.05) is 20.3 Å². The lowest BCUT2D eigenvalue weighted by Gasteiger charge is -2.19. The molecule has 2 fully saturated rings. The smallest absolute Gasteiger partial charge is 0.340 e. The number of esters is 4. The van der Waals surface area contributed by atoms with Gasteiger partial charge in [-0.15, -0.1) is 0 Å². The Hall–Kier alpha value is -3.76. The van der Waals surface area contributed by atoms with Gasteiger partial charge in [0.25, 0.3) is 0 Å². The molecule has 2 unspecified atom stereocenters. The quantitative estimate of drug-likeness (QED) is 0.459. The first kappa shape index (κ1) is 23.4. The molecule has 0 amide bonds. The number of hydrogen-bond acceptors (Lipinski definition) is 10. The molecule has 34 heavy (non-hydrogen) atoms. The van der Waals surface area contributed by atoms with E-state index in [9.17, 15) is 19.2 Å². The third kappa shape index (κ3) is 5.59. The standard InChI is InChI=1S/C24H22O10/c1-13(25)30-17-7-3-15(4-8-17)23(27)32-20-12-29-19-11-21(33-22(19)20)34-24(28)16-5-9-18(10-6-16)31-14(2)26/h3-10,19-22H,11-12H2,1-2H3/t19?,20-,21-,22?/m1/s1. The number of ether oxygens (including phenoxy) is 6. The summed E-state index contributed by atoms with van der Waals surface area (Å²) in [5.74, 6) is -1.48. The van der Waals surface area contributed by atoms with Gasteiger partial charge < -0.3 is 28.4 Å². The number of carbonyl (C=O) groups is 4. The topological polar surface area (TPSA) is 124 Å². The summed E-state index contributed by atoms with van der Waals surface area (Å²) in [6.45, 7) is 2.72. The number of carbonyl (C=O) groups excluding carboxylic acids is 4. The Bertz CT molecular complexity index is 1080. The van der Waals surface area contributed by atoms with Crippen LogP contribution in [0.15, 0.2) is 48.5 Å². The Morgan fingerprint density at radius 1 is 0.765 bits per heavy atom. The highest BCUT2D eigenvalue weighted by atomic mass is 16.7. The molecule has 2 heterocycles. The zero-order valence-electron chi connectivity index (χ0n) is 18.4. The lowest BCUT2D eigenvalue weighted by atomic mass is 10.1. The van der Waals surface area contributed by atoms with Gasteiger partial charge in [0.15, 0.2) is 6.10 Å². The highest BCUT2D eigenvalue weighted by molar-refractivity contribution is 5.90. The lowest BCUT2D eigenvalue weighted by Crippen LogP contribution is -2.33. The predicted octanol–water partition coefficient (Wildman–Crippen LogP) is 2.43. The van der Waals surface area contributed by atoms with Crippen LogP contribution >= 0.6 is 0 Å². The first-order chi connectivity index (χ1) is 16.3. The van der Waals surface area contributed by atoms with E-state index in [1.807, 2.05) is 0 Å². The van der Waals surface area contributed by atoms with Crippen molar-refractivity contribution in [3.05, 3.63) is 59.7 Å². The van der Waals surface area contributed by atoms with Gasteiger partial charge in [-0.2, -0.15) is 0 Å². The summed E-state index contributed by atoms with van der Waals surface area (Å²) >= 11 is 0. The normalized spacial score (nSPS) is 23.0. The van der Waals surface area contributed by atoms with E-state index in [0.29, 0.717) is 17.9 Å². The molecule has 2 aromatic rings. The zero-order valence-corrected chi connectivity index (χ0v) is 18.4. The van der Waals surface area contributed by atoms with Gasteiger partial charge in [0.2, 0.25) is 6.29 Å². The molecule has 178 valence electrons. The molecule has 4 atom stereocenters. The van der Waals surface area contributed by atoms with Crippen molar-refractivity contribution in [3.8, 4) is 11.5 Å². The number of rotatable bonds is 6. The van der Waals surface area contributed by atoms with E-state index in [0.717, 1.165) is 0 Å². The minimum absolute atomic E-state index is 0.158. The van der Waals surface area contributed by atoms with Gasteiger partial charge in [-0.25, -0.2) is 9.59 Å².